The lowest BCUT2D eigenvalue weighted by atomic mass is 9.93. The molecule has 1 N–H and O–H groups in total. The van der Waals surface area contributed by atoms with Gasteiger partial charge in [-0.3, -0.25) is 5.10 Å². The van der Waals surface area contributed by atoms with Crippen molar-refractivity contribution in [2.75, 3.05) is 0 Å². The number of H-pyrrole nitrogens is 1. The molecule has 18 heavy (non-hydrogen) atoms. The molecule has 0 unspecified atom stereocenters. The number of aromatic nitrogens is 2. The first-order chi connectivity index (χ1) is 8.29. The lowest BCUT2D eigenvalue weighted by Crippen LogP contribution is -2.12. The van der Waals surface area contributed by atoms with Crippen LogP contribution < -0.4 is 0 Å². The molecule has 0 fully saturated rings. The predicted molar refractivity (Wildman–Crippen MR) is 74.3 cm³/mol. The van der Waals surface area contributed by atoms with E-state index in [1.807, 2.05) is 17.7 Å². The van der Waals surface area contributed by atoms with Gasteiger partial charge in [0, 0.05) is 11.1 Å². The first-order valence-corrected chi connectivity index (χ1v) is 6.29. The van der Waals surface area contributed by atoms with E-state index < -0.39 is 0 Å². The molecule has 2 aromatic rings. The number of rotatable bonds is 1. The number of aromatic amines is 1. The molecule has 0 saturated carbocycles. The van der Waals surface area contributed by atoms with Crippen LogP contribution in [-0.2, 0) is 5.41 Å². The minimum atomic E-state index is -0.231. The van der Waals surface area contributed by atoms with Crippen molar-refractivity contribution in [1.82, 2.24) is 9.78 Å². The van der Waals surface area contributed by atoms with Crippen molar-refractivity contribution in [3.8, 4) is 5.69 Å². The Labute approximate surface area is 111 Å². The van der Waals surface area contributed by atoms with E-state index in [2.05, 4.69) is 25.9 Å². The van der Waals surface area contributed by atoms with Crippen LogP contribution in [0.25, 0.3) is 5.69 Å². The van der Waals surface area contributed by atoms with Gasteiger partial charge in [0.25, 0.3) is 0 Å². The number of hydrogen-bond acceptors (Lipinski definition) is 1. The van der Waals surface area contributed by atoms with E-state index in [1.54, 1.807) is 6.07 Å². The molecule has 0 amide bonds. The average molecular weight is 264 g/mol. The first kappa shape index (κ1) is 13.0. The van der Waals surface area contributed by atoms with Gasteiger partial charge in [0.15, 0.2) is 0 Å². The summed E-state index contributed by atoms with van der Waals surface area (Å²) >= 11 is 5.35. The Balaban J connectivity index is 2.58. The van der Waals surface area contributed by atoms with E-state index >= 15 is 0 Å². The molecule has 2 rings (SSSR count). The molecule has 0 atom stereocenters. The van der Waals surface area contributed by atoms with E-state index in [9.17, 15) is 4.39 Å². The van der Waals surface area contributed by atoms with Crippen molar-refractivity contribution in [3.05, 3.63) is 46.0 Å². The van der Waals surface area contributed by atoms with Crippen LogP contribution >= 0.6 is 12.2 Å². The summed E-state index contributed by atoms with van der Waals surface area (Å²) in [5.74, 6) is -0.231. The van der Waals surface area contributed by atoms with Gasteiger partial charge in [-0.05, 0) is 36.8 Å². The standard InChI is InChI=1S/C14H17FN2S/c1-9-7-10(15)5-6-11(9)17-13(18)8-12(16-17)14(2,3)4/h5-8,16H,1-4H3. The molecule has 0 aliphatic carbocycles. The summed E-state index contributed by atoms with van der Waals surface area (Å²) < 4.78 is 15.6. The van der Waals surface area contributed by atoms with Crippen LogP contribution in [0.1, 0.15) is 32.0 Å². The van der Waals surface area contributed by atoms with Crippen molar-refractivity contribution in [2.45, 2.75) is 33.1 Å². The van der Waals surface area contributed by atoms with Crippen molar-refractivity contribution >= 4 is 12.2 Å². The minimum absolute atomic E-state index is 0.00669. The van der Waals surface area contributed by atoms with Crippen molar-refractivity contribution in [1.29, 1.82) is 0 Å². The van der Waals surface area contributed by atoms with Gasteiger partial charge >= 0.3 is 0 Å². The lowest BCUT2D eigenvalue weighted by molar-refractivity contribution is 0.559. The van der Waals surface area contributed by atoms with Gasteiger partial charge < -0.3 is 0 Å². The molecular formula is C14H17FN2S. The molecular weight excluding hydrogens is 247 g/mol. The van der Waals surface area contributed by atoms with E-state index in [1.165, 1.54) is 12.1 Å². The number of nitrogens with zero attached hydrogens (tertiary/aromatic N) is 1. The molecule has 0 aliphatic heterocycles. The van der Waals surface area contributed by atoms with Gasteiger partial charge in [-0.2, -0.15) is 0 Å². The Morgan fingerprint density at radius 3 is 2.39 bits per heavy atom. The highest BCUT2D eigenvalue weighted by Crippen LogP contribution is 2.23. The molecule has 0 bridgehead atoms. The fourth-order valence-electron chi connectivity index (χ4n) is 1.83. The smallest absolute Gasteiger partial charge is 0.127 e. The van der Waals surface area contributed by atoms with E-state index in [0.29, 0.717) is 4.64 Å². The number of halogens is 1. The zero-order valence-corrected chi connectivity index (χ0v) is 11.9. The molecule has 2 nitrogen and oxygen atoms in total. The van der Waals surface area contributed by atoms with Gasteiger partial charge in [0.05, 0.1) is 5.69 Å². The SMILES string of the molecule is Cc1cc(F)ccc1-n1[nH]c(C(C)(C)C)cc1=S. The molecule has 1 heterocycles. The Morgan fingerprint density at radius 2 is 1.89 bits per heavy atom. The predicted octanol–water partition coefficient (Wildman–Crippen LogP) is 4.28. The fourth-order valence-corrected chi connectivity index (χ4v) is 2.09. The molecule has 96 valence electrons. The van der Waals surface area contributed by atoms with Gasteiger partial charge in [-0.25, -0.2) is 9.07 Å². The van der Waals surface area contributed by atoms with Crippen molar-refractivity contribution < 1.29 is 4.39 Å². The summed E-state index contributed by atoms with van der Waals surface area (Å²) in [6, 6.07) is 6.65. The van der Waals surface area contributed by atoms with Crippen LogP contribution in [-0.4, -0.2) is 9.78 Å². The molecule has 0 saturated heterocycles. The largest absolute Gasteiger partial charge is 0.296 e. The maximum atomic E-state index is 13.1. The molecule has 0 spiro atoms. The second-order valence-electron chi connectivity index (χ2n) is 5.52. The highest BCUT2D eigenvalue weighted by Gasteiger charge is 2.17. The molecule has 4 heteroatoms. The lowest BCUT2D eigenvalue weighted by Gasteiger charge is -2.16. The first-order valence-electron chi connectivity index (χ1n) is 5.88. The molecule has 0 aliphatic rings. The topological polar surface area (TPSA) is 20.7 Å². The third-order valence-electron chi connectivity index (χ3n) is 2.93. The summed E-state index contributed by atoms with van der Waals surface area (Å²) in [5, 5.41) is 3.29. The summed E-state index contributed by atoms with van der Waals surface area (Å²) in [6.07, 6.45) is 0. The number of benzene rings is 1. The average Bonchev–Trinajstić information content (AvgIpc) is 2.60. The van der Waals surface area contributed by atoms with Gasteiger partial charge in [0.2, 0.25) is 0 Å². The Bertz CT molecular complexity index is 632. The van der Waals surface area contributed by atoms with Gasteiger partial charge in [-0.15, -0.1) is 0 Å². The summed E-state index contributed by atoms with van der Waals surface area (Å²) in [7, 11) is 0. The fraction of sp³-hybridized carbons (Fsp3) is 0.357. The summed E-state index contributed by atoms with van der Waals surface area (Å²) in [5.41, 5.74) is 2.81. The molecule has 1 aromatic heterocycles. The Hall–Kier alpha value is -1.42. The molecule has 1 aromatic carbocycles. The van der Waals surface area contributed by atoms with Crippen LogP contribution in [0.4, 0.5) is 4.39 Å². The molecule has 0 radical (unpaired) electrons. The van der Waals surface area contributed by atoms with Crippen LogP contribution in [0, 0.1) is 17.4 Å². The highest BCUT2D eigenvalue weighted by molar-refractivity contribution is 7.71. The second-order valence-corrected chi connectivity index (χ2v) is 5.94. The van der Waals surface area contributed by atoms with Gasteiger partial charge in [0.1, 0.15) is 10.5 Å². The third kappa shape index (κ3) is 2.38. The van der Waals surface area contributed by atoms with Crippen molar-refractivity contribution in [2.24, 2.45) is 0 Å². The second kappa shape index (κ2) is 4.35. The number of hydrogen-bond donors (Lipinski definition) is 1. The van der Waals surface area contributed by atoms with E-state index in [4.69, 9.17) is 12.2 Å². The minimum Gasteiger partial charge on any atom is -0.296 e. The number of nitrogens with one attached hydrogen (secondary N) is 1. The normalized spacial score (nSPS) is 11.8. The van der Waals surface area contributed by atoms with E-state index in [-0.39, 0.29) is 11.2 Å². The Morgan fingerprint density at radius 1 is 1.22 bits per heavy atom. The van der Waals surface area contributed by atoms with Gasteiger partial charge in [-0.1, -0.05) is 33.0 Å². The van der Waals surface area contributed by atoms with Crippen LogP contribution in [0.5, 0.6) is 0 Å². The van der Waals surface area contributed by atoms with Crippen LogP contribution in [0.3, 0.4) is 0 Å². The maximum Gasteiger partial charge on any atom is 0.127 e. The number of aryl methyl sites for hydroxylation is 1. The van der Waals surface area contributed by atoms with Crippen LogP contribution in [0.15, 0.2) is 24.3 Å². The zero-order valence-electron chi connectivity index (χ0n) is 11.0. The summed E-state index contributed by atoms with van der Waals surface area (Å²) in [4.78, 5) is 0. The monoisotopic (exact) mass is 264 g/mol. The van der Waals surface area contributed by atoms with Crippen molar-refractivity contribution in [3.63, 3.8) is 0 Å². The van der Waals surface area contributed by atoms with E-state index in [0.717, 1.165) is 16.9 Å². The highest BCUT2D eigenvalue weighted by atomic mass is 32.1. The van der Waals surface area contributed by atoms with Crippen LogP contribution in [0.2, 0.25) is 0 Å². The quantitative estimate of drug-likeness (QED) is 0.762. The zero-order chi connectivity index (χ0) is 13.5. The summed E-state index contributed by atoms with van der Waals surface area (Å²) in [6.45, 7) is 8.23. The Kier molecular flexibility index (Phi) is 3.15. The maximum absolute atomic E-state index is 13.1. The third-order valence-corrected chi connectivity index (χ3v) is 3.23.